The van der Waals surface area contributed by atoms with E-state index in [0.717, 1.165) is 18.2 Å². The molecule has 108 valence electrons. The molecular formula is C14H7ClF4N2. The minimum Gasteiger partial charge on any atom is -0.353 e. The molecule has 0 bridgehead atoms. The average Bonchev–Trinajstić information content (AvgIpc) is 2.42. The zero-order valence-electron chi connectivity index (χ0n) is 10.3. The van der Waals surface area contributed by atoms with Gasteiger partial charge in [0.25, 0.3) is 0 Å². The van der Waals surface area contributed by atoms with Crippen LogP contribution < -0.4 is 5.32 Å². The van der Waals surface area contributed by atoms with Crippen LogP contribution in [0.3, 0.4) is 0 Å². The van der Waals surface area contributed by atoms with Gasteiger partial charge in [-0.05, 0) is 30.3 Å². The van der Waals surface area contributed by atoms with Gasteiger partial charge in [0.1, 0.15) is 0 Å². The maximum atomic E-state index is 13.7. The molecule has 0 saturated heterocycles. The Morgan fingerprint density at radius 2 is 1.86 bits per heavy atom. The highest BCUT2D eigenvalue weighted by Gasteiger charge is 2.33. The van der Waals surface area contributed by atoms with Crippen molar-refractivity contribution in [1.82, 2.24) is 0 Å². The summed E-state index contributed by atoms with van der Waals surface area (Å²) in [4.78, 5) is 0. The molecule has 0 radical (unpaired) electrons. The van der Waals surface area contributed by atoms with Crippen molar-refractivity contribution in [1.29, 1.82) is 5.26 Å². The first kappa shape index (κ1) is 15.1. The third-order valence-corrected chi connectivity index (χ3v) is 2.97. The molecule has 0 amide bonds. The van der Waals surface area contributed by atoms with Crippen LogP contribution >= 0.6 is 11.6 Å². The van der Waals surface area contributed by atoms with Gasteiger partial charge < -0.3 is 5.32 Å². The molecule has 0 atom stereocenters. The molecule has 7 heteroatoms. The van der Waals surface area contributed by atoms with E-state index in [1.165, 1.54) is 24.3 Å². The number of hydrogen-bond donors (Lipinski definition) is 1. The highest BCUT2D eigenvalue weighted by Crippen LogP contribution is 2.34. The Labute approximate surface area is 122 Å². The lowest BCUT2D eigenvalue weighted by Gasteiger charge is -2.12. The molecule has 0 heterocycles. The van der Waals surface area contributed by atoms with Crippen molar-refractivity contribution in [2.24, 2.45) is 0 Å². The maximum Gasteiger partial charge on any atom is 0.417 e. The Morgan fingerprint density at radius 1 is 1.14 bits per heavy atom. The zero-order chi connectivity index (χ0) is 15.6. The number of halogens is 5. The van der Waals surface area contributed by atoms with Gasteiger partial charge in [0.05, 0.1) is 27.9 Å². The van der Waals surface area contributed by atoms with Crippen molar-refractivity contribution in [3.8, 4) is 6.07 Å². The summed E-state index contributed by atoms with van der Waals surface area (Å²) in [5.41, 5.74) is -1.43. The van der Waals surface area contributed by atoms with E-state index in [9.17, 15) is 17.6 Å². The topological polar surface area (TPSA) is 35.8 Å². The first-order valence-electron chi connectivity index (χ1n) is 5.65. The van der Waals surface area contributed by atoms with Gasteiger partial charge >= 0.3 is 6.18 Å². The summed E-state index contributed by atoms with van der Waals surface area (Å²) in [7, 11) is 0. The first-order chi connectivity index (χ1) is 9.82. The largest absolute Gasteiger partial charge is 0.417 e. The molecule has 2 nitrogen and oxygen atoms in total. The molecule has 2 aromatic rings. The normalized spacial score (nSPS) is 11.0. The molecule has 0 spiro atoms. The number of hydrogen-bond acceptors (Lipinski definition) is 2. The minimum absolute atomic E-state index is 0.00569. The zero-order valence-corrected chi connectivity index (χ0v) is 11.1. The first-order valence-corrected chi connectivity index (χ1v) is 6.03. The van der Waals surface area contributed by atoms with Gasteiger partial charge in [0, 0.05) is 5.69 Å². The molecule has 1 N–H and O–H groups in total. The fourth-order valence-electron chi connectivity index (χ4n) is 1.72. The Hall–Kier alpha value is -2.26. The minimum atomic E-state index is -4.62. The summed E-state index contributed by atoms with van der Waals surface area (Å²) in [5.74, 6) is -0.724. The van der Waals surface area contributed by atoms with Gasteiger partial charge in [-0.15, -0.1) is 0 Å². The maximum absolute atomic E-state index is 13.7. The van der Waals surface area contributed by atoms with Crippen LogP contribution in [0.15, 0.2) is 36.4 Å². The monoisotopic (exact) mass is 314 g/mol. The van der Waals surface area contributed by atoms with Gasteiger partial charge in [-0.1, -0.05) is 17.7 Å². The van der Waals surface area contributed by atoms with Crippen LogP contribution in [0, 0.1) is 17.1 Å². The number of nitrogens with zero attached hydrogens (tertiary/aromatic N) is 1. The van der Waals surface area contributed by atoms with Crippen molar-refractivity contribution in [3.05, 3.63) is 58.4 Å². The Bertz CT molecular complexity index is 720. The summed E-state index contributed by atoms with van der Waals surface area (Å²) in [5, 5.41) is 11.3. The summed E-state index contributed by atoms with van der Waals surface area (Å²) in [6, 6.07) is 8.57. The Balaban J connectivity index is 2.39. The smallest absolute Gasteiger partial charge is 0.353 e. The van der Waals surface area contributed by atoms with Crippen LogP contribution in [0.2, 0.25) is 5.02 Å². The van der Waals surface area contributed by atoms with E-state index in [1.807, 2.05) is 0 Å². The number of nitriles is 1. The van der Waals surface area contributed by atoms with E-state index in [1.54, 1.807) is 0 Å². The second-order valence-electron chi connectivity index (χ2n) is 4.10. The van der Waals surface area contributed by atoms with E-state index in [0.29, 0.717) is 0 Å². The second-order valence-corrected chi connectivity index (χ2v) is 4.50. The Kier molecular flexibility index (Phi) is 4.05. The SMILES string of the molecule is N#Cc1cc(Nc2cccc(Cl)c2F)ccc1C(F)(F)F. The molecule has 0 aromatic heterocycles. The molecular weight excluding hydrogens is 308 g/mol. The molecule has 2 rings (SSSR count). The number of anilines is 2. The van der Waals surface area contributed by atoms with Crippen LogP contribution in [0.5, 0.6) is 0 Å². The molecule has 0 fully saturated rings. The van der Waals surface area contributed by atoms with Crippen molar-refractivity contribution >= 4 is 23.0 Å². The molecule has 0 aliphatic rings. The van der Waals surface area contributed by atoms with Crippen LogP contribution in [-0.2, 0) is 6.18 Å². The lowest BCUT2D eigenvalue weighted by atomic mass is 10.1. The molecule has 0 unspecified atom stereocenters. The summed E-state index contributed by atoms with van der Waals surface area (Å²) >= 11 is 5.61. The molecule has 0 saturated carbocycles. The predicted molar refractivity (Wildman–Crippen MR) is 70.9 cm³/mol. The van der Waals surface area contributed by atoms with Gasteiger partial charge in [0.15, 0.2) is 5.82 Å². The van der Waals surface area contributed by atoms with Crippen molar-refractivity contribution < 1.29 is 17.6 Å². The van der Waals surface area contributed by atoms with E-state index >= 15 is 0 Å². The fraction of sp³-hybridized carbons (Fsp3) is 0.0714. The number of benzene rings is 2. The highest BCUT2D eigenvalue weighted by molar-refractivity contribution is 6.31. The van der Waals surface area contributed by atoms with Gasteiger partial charge in [-0.25, -0.2) is 4.39 Å². The molecule has 0 aliphatic carbocycles. The quantitative estimate of drug-likeness (QED) is 0.782. The van der Waals surface area contributed by atoms with E-state index < -0.39 is 23.1 Å². The van der Waals surface area contributed by atoms with Crippen molar-refractivity contribution in [3.63, 3.8) is 0 Å². The molecule has 21 heavy (non-hydrogen) atoms. The van der Waals surface area contributed by atoms with Crippen molar-refractivity contribution in [2.75, 3.05) is 5.32 Å². The van der Waals surface area contributed by atoms with Crippen LogP contribution in [-0.4, -0.2) is 0 Å². The van der Waals surface area contributed by atoms with Crippen LogP contribution in [0.4, 0.5) is 28.9 Å². The van der Waals surface area contributed by atoms with E-state index in [4.69, 9.17) is 16.9 Å². The third kappa shape index (κ3) is 3.26. The number of nitrogens with one attached hydrogen (secondary N) is 1. The summed E-state index contributed by atoms with van der Waals surface area (Å²) in [6.07, 6.45) is -4.62. The predicted octanol–water partition coefficient (Wildman–Crippen LogP) is 5.11. The standard InChI is InChI=1S/C14H7ClF4N2/c15-11-2-1-3-12(13(11)16)21-9-4-5-10(14(17,18)19)8(6-9)7-20/h1-6,21H. The molecule has 0 aliphatic heterocycles. The van der Waals surface area contributed by atoms with Gasteiger partial charge in [-0.3, -0.25) is 0 Å². The average molecular weight is 315 g/mol. The molecule has 2 aromatic carbocycles. The Morgan fingerprint density at radius 3 is 2.48 bits per heavy atom. The lowest BCUT2D eigenvalue weighted by Crippen LogP contribution is -2.08. The second kappa shape index (κ2) is 5.62. The van der Waals surface area contributed by atoms with Crippen LogP contribution in [0.25, 0.3) is 0 Å². The van der Waals surface area contributed by atoms with Crippen LogP contribution in [0.1, 0.15) is 11.1 Å². The summed E-state index contributed by atoms with van der Waals surface area (Å²) in [6.45, 7) is 0. The van der Waals surface area contributed by atoms with Crippen molar-refractivity contribution in [2.45, 2.75) is 6.18 Å². The highest BCUT2D eigenvalue weighted by atomic mass is 35.5. The fourth-order valence-corrected chi connectivity index (χ4v) is 1.89. The van der Waals surface area contributed by atoms with Gasteiger partial charge in [0.2, 0.25) is 0 Å². The van der Waals surface area contributed by atoms with E-state index in [-0.39, 0.29) is 16.4 Å². The van der Waals surface area contributed by atoms with Gasteiger partial charge in [-0.2, -0.15) is 18.4 Å². The summed E-state index contributed by atoms with van der Waals surface area (Å²) < 4.78 is 51.7. The number of alkyl halides is 3. The third-order valence-electron chi connectivity index (χ3n) is 2.68. The number of rotatable bonds is 2. The van der Waals surface area contributed by atoms with E-state index in [2.05, 4.69) is 5.32 Å². The lowest BCUT2D eigenvalue weighted by molar-refractivity contribution is -0.137.